The zero-order valence-corrected chi connectivity index (χ0v) is 13.2. The summed E-state index contributed by atoms with van der Waals surface area (Å²) in [5, 5.41) is 0. The molecular weight excluding hydrogens is 298 g/mol. The average Bonchev–Trinajstić information content (AvgIpc) is 3.03. The number of rotatable bonds is 3. The SMILES string of the molecule is Cc1oc(CCl)cc1S(=O)(=O)N1CCCC2CCCC21. The van der Waals surface area contributed by atoms with Crippen molar-refractivity contribution in [1.82, 2.24) is 4.31 Å². The zero-order chi connectivity index (χ0) is 14.3. The van der Waals surface area contributed by atoms with Gasteiger partial charge in [0.15, 0.2) is 0 Å². The van der Waals surface area contributed by atoms with Gasteiger partial charge in [0.1, 0.15) is 16.4 Å². The minimum atomic E-state index is -3.46. The summed E-state index contributed by atoms with van der Waals surface area (Å²) in [5.41, 5.74) is 0. The van der Waals surface area contributed by atoms with E-state index >= 15 is 0 Å². The van der Waals surface area contributed by atoms with Gasteiger partial charge in [0.05, 0.1) is 5.88 Å². The first kappa shape index (κ1) is 14.4. The van der Waals surface area contributed by atoms with Gasteiger partial charge in [-0.2, -0.15) is 4.31 Å². The Labute approximate surface area is 125 Å². The molecule has 1 saturated heterocycles. The smallest absolute Gasteiger partial charge is 0.246 e. The van der Waals surface area contributed by atoms with Crippen LogP contribution in [-0.4, -0.2) is 25.3 Å². The quantitative estimate of drug-likeness (QED) is 0.804. The molecule has 0 spiro atoms. The summed E-state index contributed by atoms with van der Waals surface area (Å²) in [5.74, 6) is 1.70. The Hall–Kier alpha value is -0.520. The van der Waals surface area contributed by atoms with Crippen LogP contribution in [0.3, 0.4) is 0 Å². The molecular formula is C14H20ClNO3S. The van der Waals surface area contributed by atoms with Crippen molar-refractivity contribution in [2.75, 3.05) is 6.54 Å². The van der Waals surface area contributed by atoms with E-state index in [1.807, 2.05) is 0 Å². The van der Waals surface area contributed by atoms with Crippen molar-refractivity contribution in [1.29, 1.82) is 0 Å². The maximum Gasteiger partial charge on any atom is 0.246 e. The number of furan rings is 1. The lowest BCUT2D eigenvalue weighted by molar-refractivity contribution is 0.202. The fourth-order valence-corrected chi connectivity index (χ4v) is 5.75. The van der Waals surface area contributed by atoms with E-state index in [4.69, 9.17) is 16.0 Å². The molecule has 1 aromatic rings. The fraction of sp³-hybridized carbons (Fsp3) is 0.714. The summed E-state index contributed by atoms with van der Waals surface area (Å²) < 4.78 is 32.9. The van der Waals surface area contributed by atoms with E-state index in [2.05, 4.69) is 0 Å². The molecule has 2 atom stereocenters. The summed E-state index contributed by atoms with van der Waals surface area (Å²) in [6.07, 6.45) is 5.41. The Morgan fingerprint density at radius 3 is 2.80 bits per heavy atom. The average molecular weight is 318 g/mol. The number of piperidine rings is 1. The van der Waals surface area contributed by atoms with Gasteiger partial charge in [0.25, 0.3) is 0 Å². The molecule has 0 amide bonds. The predicted molar refractivity (Wildman–Crippen MR) is 77.3 cm³/mol. The molecule has 0 aromatic carbocycles. The van der Waals surface area contributed by atoms with E-state index in [9.17, 15) is 8.42 Å². The fourth-order valence-electron chi connectivity index (χ4n) is 3.68. The van der Waals surface area contributed by atoms with Crippen LogP contribution in [0.4, 0.5) is 0 Å². The van der Waals surface area contributed by atoms with E-state index in [1.165, 1.54) is 0 Å². The summed E-state index contributed by atoms with van der Waals surface area (Å²) >= 11 is 5.74. The first-order valence-corrected chi connectivity index (χ1v) is 9.18. The highest BCUT2D eigenvalue weighted by Gasteiger charge is 2.42. The number of sulfonamides is 1. The van der Waals surface area contributed by atoms with Crippen molar-refractivity contribution in [3.05, 3.63) is 17.6 Å². The van der Waals surface area contributed by atoms with Crippen molar-refractivity contribution >= 4 is 21.6 Å². The second-order valence-electron chi connectivity index (χ2n) is 5.78. The Kier molecular flexibility index (Phi) is 3.86. The molecule has 1 saturated carbocycles. The molecule has 1 aromatic heterocycles. The molecule has 2 fully saturated rings. The van der Waals surface area contributed by atoms with Gasteiger partial charge in [-0.15, -0.1) is 11.6 Å². The third-order valence-corrected chi connectivity index (χ3v) is 6.88. The highest BCUT2D eigenvalue weighted by atomic mass is 35.5. The largest absolute Gasteiger partial charge is 0.464 e. The third-order valence-electron chi connectivity index (χ3n) is 4.58. The van der Waals surface area contributed by atoms with Crippen molar-refractivity contribution < 1.29 is 12.8 Å². The Balaban J connectivity index is 1.96. The topological polar surface area (TPSA) is 50.5 Å². The molecule has 0 N–H and O–H groups in total. The summed E-state index contributed by atoms with van der Waals surface area (Å²) in [6, 6.07) is 1.76. The lowest BCUT2D eigenvalue weighted by Gasteiger charge is -2.36. The Morgan fingerprint density at radius 1 is 1.35 bits per heavy atom. The van der Waals surface area contributed by atoms with Crippen LogP contribution < -0.4 is 0 Å². The molecule has 6 heteroatoms. The minimum Gasteiger partial charge on any atom is -0.464 e. The van der Waals surface area contributed by atoms with Gasteiger partial charge in [-0.1, -0.05) is 6.42 Å². The molecule has 2 aliphatic rings. The predicted octanol–water partition coefficient (Wildman–Crippen LogP) is 3.28. The van der Waals surface area contributed by atoms with Gasteiger partial charge in [-0.25, -0.2) is 8.42 Å². The maximum absolute atomic E-state index is 12.9. The molecule has 1 aliphatic carbocycles. The van der Waals surface area contributed by atoms with Crippen molar-refractivity contribution in [2.45, 2.75) is 55.8 Å². The highest BCUT2D eigenvalue weighted by Crippen LogP contribution is 2.40. The summed E-state index contributed by atoms with van der Waals surface area (Å²) in [6.45, 7) is 2.32. The number of alkyl halides is 1. The lowest BCUT2D eigenvalue weighted by Crippen LogP contribution is -2.46. The highest BCUT2D eigenvalue weighted by molar-refractivity contribution is 7.89. The standard InChI is InChI=1S/C14H20ClNO3S/c1-10-14(8-12(9-15)19-10)20(17,18)16-7-3-5-11-4-2-6-13(11)16/h8,11,13H,2-7,9H2,1H3. The van der Waals surface area contributed by atoms with E-state index in [-0.39, 0.29) is 11.9 Å². The first-order valence-electron chi connectivity index (χ1n) is 7.21. The van der Waals surface area contributed by atoms with Gasteiger partial charge in [-0.3, -0.25) is 0 Å². The number of aryl methyl sites for hydroxylation is 1. The van der Waals surface area contributed by atoms with Crippen LogP contribution in [-0.2, 0) is 15.9 Å². The van der Waals surface area contributed by atoms with E-state index in [0.29, 0.717) is 28.9 Å². The number of nitrogens with zero attached hydrogens (tertiary/aromatic N) is 1. The van der Waals surface area contributed by atoms with Crippen LogP contribution in [0.1, 0.15) is 43.6 Å². The normalized spacial score (nSPS) is 27.7. The van der Waals surface area contributed by atoms with Crippen LogP contribution in [0.5, 0.6) is 0 Å². The van der Waals surface area contributed by atoms with Gasteiger partial charge >= 0.3 is 0 Å². The maximum atomic E-state index is 12.9. The number of hydrogen-bond donors (Lipinski definition) is 0. The van der Waals surface area contributed by atoms with E-state index in [1.54, 1.807) is 17.3 Å². The molecule has 2 heterocycles. The lowest BCUT2D eigenvalue weighted by atomic mass is 9.94. The monoisotopic (exact) mass is 317 g/mol. The van der Waals surface area contributed by atoms with Crippen molar-refractivity contribution in [3.63, 3.8) is 0 Å². The van der Waals surface area contributed by atoms with Crippen LogP contribution in [0.25, 0.3) is 0 Å². The second kappa shape index (κ2) is 5.35. The zero-order valence-electron chi connectivity index (χ0n) is 11.6. The molecule has 2 unspecified atom stereocenters. The van der Waals surface area contributed by atoms with Crippen molar-refractivity contribution in [2.24, 2.45) is 5.92 Å². The number of halogens is 1. The minimum absolute atomic E-state index is 0.183. The molecule has 0 bridgehead atoms. The number of fused-ring (bicyclic) bond motifs is 1. The molecule has 3 rings (SSSR count). The first-order chi connectivity index (χ1) is 9.54. The summed E-state index contributed by atoms with van der Waals surface area (Å²) in [7, 11) is -3.46. The molecule has 20 heavy (non-hydrogen) atoms. The third kappa shape index (κ3) is 2.30. The Morgan fingerprint density at radius 2 is 2.10 bits per heavy atom. The van der Waals surface area contributed by atoms with Crippen LogP contribution >= 0.6 is 11.6 Å². The Bertz CT molecular complexity index is 596. The van der Waals surface area contributed by atoms with Crippen LogP contribution in [0, 0.1) is 12.8 Å². The molecule has 112 valence electrons. The molecule has 4 nitrogen and oxygen atoms in total. The van der Waals surface area contributed by atoms with Crippen molar-refractivity contribution in [3.8, 4) is 0 Å². The van der Waals surface area contributed by atoms with Gasteiger partial charge < -0.3 is 4.42 Å². The van der Waals surface area contributed by atoms with E-state index < -0.39 is 10.0 Å². The summed E-state index contributed by atoms with van der Waals surface area (Å²) in [4.78, 5) is 0.292. The van der Waals surface area contributed by atoms with Gasteiger partial charge in [0.2, 0.25) is 10.0 Å². The second-order valence-corrected chi connectivity index (χ2v) is 7.91. The van der Waals surface area contributed by atoms with Crippen LogP contribution in [0.2, 0.25) is 0 Å². The molecule has 0 radical (unpaired) electrons. The number of hydrogen-bond acceptors (Lipinski definition) is 3. The van der Waals surface area contributed by atoms with E-state index in [0.717, 1.165) is 32.1 Å². The van der Waals surface area contributed by atoms with Crippen LogP contribution in [0.15, 0.2) is 15.4 Å². The van der Waals surface area contributed by atoms with Gasteiger partial charge in [-0.05, 0) is 38.5 Å². The van der Waals surface area contributed by atoms with Gasteiger partial charge in [0, 0.05) is 18.7 Å². The molecule has 1 aliphatic heterocycles.